The predicted molar refractivity (Wildman–Crippen MR) is 223 cm³/mol. The Morgan fingerprint density at radius 1 is 0.250 bits per heavy atom. The summed E-state index contributed by atoms with van der Waals surface area (Å²) in [6, 6.07) is 52.4. The average molecular weight is 687 g/mol. The van der Waals surface area contributed by atoms with Crippen LogP contribution in [0.3, 0.4) is 0 Å². The highest BCUT2D eigenvalue weighted by Gasteiger charge is 2.42. The Morgan fingerprint density at radius 2 is 0.500 bits per heavy atom. The fraction of sp³-hybridized carbons (Fsp3) is 0.182. The molecule has 2 aliphatic heterocycles. The molecule has 6 aromatic rings. The van der Waals surface area contributed by atoms with Gasteiger partial charge in [0, 0.05) is 0 Å². The first-order valence-electron chi connectivity index (χ1n) is 17.5. The van der Waals surface area contributed by atoms with E-state index in [0.717, 1.165) is 0 Å². The summed E-state index contributed by atoms with van der Waals surface area (Å²) in [7, 11) is -8.13. The second-order valence-corrected chi connectivity index (χ2v) is 33.5. The van der Waals surface area contributed by atoms with E-state index >= 15 is 0 Å². The number of hydrogen-bond donors (Lipinski definition) is 0. The normalized spacial score (nSPS) is 17.4. The summed E-state index contributed by atoms with van der Waals surface area (Å²) in [6.45, 7) is 20.7. The van der Waals surface area contributed by atoms with Crippen LogP contribution in [0.1, 0.15) is 0 Å². The zero-order valence-corrected chi connectivity index (χ0v) is 33.7. The summed E-state index contributed by atoms with van der Waals surface area (Å²) in [5, 5.41) is 12.7. The van der Waals surface area contributed by atoms with E-state index in [-0.39, 0.29) is 0 Å². The van der Waals surface area contributed by atoms with E-state index in [2.05, 4.69) is 186 Å². The average Bonchev–Trinajstić information content (AvgIpc) is 3.10. The van der Waals surface area contributed by atoms with E-state index in [0.29, 0.717) is 0 Å². The van der Waals surface area contributed by atoms with Gasteiger partial charge >= 0.3 is 0 Å². The molecular weight excluding hydrogens is 641 g/mol. The van der Waals surface area contributed by atoms with Crippen LogP contribution in [0.4, 0.5) is 0 Å². The molecule has 0 aromatic heterocycles. The van der Waals surface area contributed by atoms with Crippen LogP contribution in [0.25, 0.3) is 33.4 Å². The Morgan fingerprint density at radius 3 is 0.792 bits per heavy atom. The minimum Gasteiger partial charge on any atom is -0.0623 e. The topological polar surface area (TPSA) is 0 Å². The van der Waals surface area contributed by atoms with E-state index in [1.165, 1.54) is 33.4 Å². The van der Waals surface area contributed by atoms with Crippen molar-refractivity contribution < 1.29 is 0 Å². The SMILES string of the molecule is C[Si]1(C)c2ccccc2-c2ccccc2[Si](C)(C)c2cc(-c3ccc4c(c3)[Si](C)(C)c3ccccc3-c3ccccc3[Si]4(C)C)ccc21. The van der Waals surface area contributed by atoms with Crippen molar-refractivity contribution in [1.82, 2.24) is 0 Å². The van der Waals surface area contributed by atoms with Crippen LogP contribution >= 0.6 is 0 Å². The zero-order chi connectivity index (χ0) is 33.6. The quantitative estimate of drug-likeness (QED) is 0.171. The minimum absolute atomic E-state index is 1.37. The van der Waals surface area contributed by atoms with Crippen LogP contribution in [0.15, 0.2) is 133 Å². The summed E-state index contributed by atoms with van der Waals surface area (Å²) in [6.07, 6.45) is 0. The fourth-order valence-electron chi connectivity index (χ4n) is 9.20. The maximum absolute atomic E-state index is 2.63. The molecule has 0 fully saturated rings. The molecule has 6 aromatic carbocycles. The highest BCUT2D eigenvalue weighted by molar-refractivity contribution is 7.11. The molecule has 0 spiro atoms. The van der Waals surface area contributed by atoms with Gasteiger partial charge in [-0.25, -0.2) is 0 Å². The smallest absolute Gasteiger partial charge is 0.0623 e. The van der Waals surface area contributed by atoms with Crippen molar-refractivity contribution in [1.29, 1.82) is 0 Å². The predicted octanol–water partition coefficient (Wildman–Crippen LogP) is 6.60. The molecule has 0 amide bonds. The monoisotopic (exact) mass is 686 g/mol. The van der Waals surface area contributed by atoms with Crippen molar-refractivity contribution in [3.8, 4) is 33.4 Å². The van der Waals surface area contributed by atoms with Gasteiger partial charge in [0.25, 0.3) is 0 Å². The van der Waals surface area contributed by atoms with Crippen LogP contribution in [-0.2, 0) is 0 Å². The van der Waals surface area contributed by atoms with Crippen molar-refractivity contribution in [2.75, 3.05) is 0 Å². The van der Waals surface area contributed by atoms with Crippen molar-refractivity contribution in [2.45, 2.75) is 52.4 Å². The van der Waals surface area contributed by atoms with Crippen molar-refractivity contribution >= 4 is 73.8 Å². The van der Waals surface area contributed by atoms with Gasteiger partial charge in [0.2, 0.25) is 0 Å². The highest BCUT2D eigenvalue weighted by Crippen LogP contribution is 2.29. The molecule has 238 valence electrons. The van der Waals surface area contributed by atoms with Crippen molar-refractivity contribution in [2.24, 2.45) is 0 Å². The van der Waals surface area contributed by atoms with E-state index < -0.39 is 32.3 Å². The van der Waals surface area contributed by atoms with Crippen LogP contribution in [0, 0.1) is 0 Å². The zero-order valence-electron chi connectivity index (χ0n) is 29.7. The Kier molecular flexibility index (Phi) is 7.11. The molecule has 0 saturated heterocycles. The van der Waals surface area contributed by atoms with Crippen molar-refractivity contribution in [3.05, 3.63) is 133 Å². The lowest BCUT2D eigenvalue weighted by Crippen LogP contribution is -2.69. The van der Waals surface area contributed by atoms with Gasteiger partial charge in [0.1, 0.15) is 32.3 Å². The van der Waals surface area contributed by atoms with Gasteiger partial charge in [-0.15, -0.1) is 0 Å². The van der Waals surface area contributed by atoms with E-state index in [9.17, 15) is 0 Å². The maximum atomic E-state index is 2.63. The lowest BCUT2D eigenvalue weighted by Gasteiger charge is -2.39. The largest absolute Gasteiger partial charge is 0.112 e. The molecule has 0 atom stereocenters. The summed E-state index contributed by atoms with van der Waals surface area (Å²) < 4.78 is 0. The Labute approximate surface area is 291 Å². The van der Waals surface area contributed by atoms with Gasteiger partial charge in [0.15, 0.2) is 0 Å². The number of benzene rings is 6. The molecule has 8 rings (SSSR count). The lowest BCUT2D eigenvalue weighted by molar-refractivity contribution is 1.59. The molecule has 0 bridgehead atoms. The second kappa shape index (κ2) is 10.8. The fourth-order valence-corrected chi connectivity index (χ4v) is 24.8. The molecular formula is C44H46Si4. The molecule has 4 heteroatoms. The third-order valence-corrected chi connectivity index (χ3v) is 26.8. The molecule has 2 heterocycles. The van der Waals surface area contributed by atoms with Gasteiger partial charge in [-0.2, -0.15) is 0 Å². The summed E-state index contributed by atoms with van der Waals surface area (Å²) in [5.41, 5.74) is 8.52. The highest BCUT2D eigenvalue weighted by atomic mass is 28.3. The van der Waals surface area contributed by atoms with Crippen LogP contribution in [0.5, 0.6) is 0 Å². The first kappa shape index (κ1) is 31.5. The Balaban J connectivity index is 1.37. The molecule has 0 nitrogen and oxygen atoms in total. The van der Waals surface area contributed by atoms with Gasteiger partial charge in [-0.05, 0) is 54.1 Å². The lowest BCUT2D eigenvalue weighted by atomic mass is 10.1. The number of hydrogen-bond acceptors (Lipinski definition) is 0. The summed E-state index contributed by atoms with van der Waals surface area (Å²) in [4.78, 5) is 0. The standard InChI is InChI=1S/C44H46Si4/c1-45(2)37-21-13-9-17-33(37)35-19-11-15-23-39(35)47(5,6)43-29-31(25-27-41(43)45)32-26-28-42-44(30-32)48(7,8)40-24-16-12-20-36(40)34-18-10-14-22-38(34)46(42,3)4/h9-30H,1-8H3. The van der Waals surface area contributed by atoms with Gasteiger partial charge in [-0.1, -0.05) is 207 Å². The third kappa shape index (κ3) is 4.49. The molecule has 0 unspecified atom stereocenters. The Hall–Kier alpha value is -3.81. The van der Waals surface area contributed by atoms with Crippen LogP contribution in [-0.4, -0.2) is 32.3 Å². The third-order valence-electron chi connectivity index (χ3n) is 12.0. The summed E-state index contributed by atoms with van der Waals surface area (Å²) in [5.74, 6) is 0. The van der Waals surface area contributed by atoms with Gasteiger partial charge < -0.3 is 0 Å². The molecule has 48 heavy (non-hydrogen) atoms. The van der Waals surface area contributed by atoms with Crippen LogP contribution in [0.2, 0.25) is 52.4 Å². The molecule has 0 radical (unpaired) electrons. The first-order chi connectivity index (χ1) is 22.8. The van der Waals surface area contributed by atoms with E-state index in [4.69, 9.17) is 0 Å². The number of fused-ring (bicyclic) bond motifs is 8. The molecule has 0 aliphatic carbocycles. The molecule has 0 saturated carbocycles. The first-order valence-corrected chi connectivity index (χ1v) is 29.5. The molecule has 0 N–H and O–H groups in total. The molecule has 2 aliphatic rings. The Bertz CT molecular complexity index is 2090. The van der Waals surface area contributed by atoms with Gasteiger partial charge in [0.05, 0.1) is 0 Å². The van der Waals surface area contributed by atoms with Crippen molar-refractivity contribution in [3.63, 3.8) is 0 Å². The van der Waals surface area contributed by atoms with Crippen LogP contribution < -0.4 is 41.5 Å². The minimum atomic E-state index is -2.07. The number of rotatable bonds is 1. The van der Waals surface area contributed by atoms with Gasteiger partial charge in [-0.3, -0.25) is 0 Å². The van der Waals surface area contributed by atoms with E-state index in [1.54, 1.807) is 41.5 Å². The summed E-state index contributed by atoms with van der Waals surface area (Å²) >= 11 is 0. The van der Waals surface area contributed by atoms with E-state index in [1.807, 2.05) is 0 Å². The maximum Gasteiger partial charge on any atom is 0.112 e. The second-order valence-electron chi connectivity index (χ2n) is 16.2.